The van der Waals surface area contributed by atoms with E-state index in [1.807, 2.05) is 45.0 Å². The van der Waals surface area contributed by atoms with Crippen molar-refractivity contribution in [1.29, 1.82) is 0 Å². The van der Waals surface area contributed by atoms with Crippen LogP contribution >= 0.6 is 15.9 Å². The molecule has 0 amide bonds. The van der Waals surface area contributed by atoms with Gasteiger partial charge in [0.15, 0.2) is 0 Å². The Hall–Kier alpha value is -2.20. The van der Waals surface area contributed by atoms with Gasteiger partial charge < -0.3 is 4.74 Å². The van der Waals surface area contributed by atoms with Gasteiger partial charge in [-0.3, -0.25) is 0 Å². The van der Waals surface area contributed by atoms with E-state index in [0.29, 0.717) is 12.2 Å². The molecule has 0 saturated carbocycles. The number of ether oxygens (including phenoxy) is 1. The van der Waals surface area contributed by atoms with Crippen molar-refractivity contribution in [1.82, 2.24) is 4.98 Å². The van der Waals surface area contributed by atoms with E-state index >= 15 is 0 Å². The number of carbonyl (C=O) groups excluding carboxylic acids is 1. The molecule has 0 saturated heterocycles. The summed E-state index contributed by atoms with van der Waals surface area (Å²) in [6.07, 6.45) is 0. The fourth-order valence-electron chi connectivity index (χ4n) is 2.73. The molecule has 1 aromatic heterocycles. The number of hydrogen-bond donors (Lipinski definition) is 0. The molecule has 0 N–H and O–H groups in total. The van der Waals surface area contributed by atoms with Crippen molar-refractivity contribution in [2.75, 3.05) is 6.61 Å². The van der Waals surface area contributed by atoms with Crippen LogP contribution in [0.1, 0.15) is 28.4 Å². The van der Waals surface area contributed by atoms with Gasteiger partial charge in [0, 0.05) is 15.4 Å². The number of pyridine rings is 1. The third kappa shape index (κ3) is 3.20. The van der Waals surface area contributed by atoms with Crippen molar-refractivity contribution in [2.45, 2.75) is 20.8 Å². The van der Waals surface area contributed by atoms with Crippen LogP contribution in [-0.2, 0) is 4.74 Å². The van der Waals surface area contributed by atoms with Crippen LogP contribution in [0.3, 0.4) is 0 Å². The Bertz CT molecular complexity index is 934. The van der Waals surface area contributed by atoms with Crippen molar-refractivity contribution in [3.63, 3.8) is 0 Å². The molecule has 2 aromatic carbocycles. The number of aryl methyl sites for hydroxylation is 2. The molecular formula is C20H18BrNO2. The Morgan fingerprint density at radius 1 is 1.12 bits per heavy atom. The number of hydrogen-bond acceptors (Lipinski definition) is 3. The van der Waals surface area contributed by atoms with E-state index < -0.39 is 0 Å². The second kappa shape index (κ2) is 6.73. The molecule has 24 heavy (non-hydrogen) atoms. The second-order valence-electron chi connectivity index (χ2n) is 5.76. The topological polar surface area (TPSA) is 39.2 Å². The minimum absolute atomic E-state index is 0.324. The zero-order chi connectivity index (χ0) is 17.3. The smallest absolute Gasteiger partial charge is 0.338 e. The summed E-state index contributed by atoms with van der Waals surface area (Å²) in [4.78, 5) is 17.2. The van der Waals surface area contributed by atoms with Gasteiger partial charge in [0.1, 0.15) is 0 Å². The van der Waals surface area contributed by atoms with Gasteiger partial charge in [-0.05, 0) is 56.7 Å². The van der Waals surface area contributed by atoms with Crippen molar-refractivity contribution in [3.05, 3.63) is 63.6 Å². The van der Waals surface area contributed by atoms with E-state index in [0.717, 1.165) is 37.8 Å². The zero-order valence-electron chi connectivity index (χ0n) is 13.9. The predicted octanol–water partition coefficient (Wildman–Crippen LogP) is 5.46. The summed E-state index contributed by atoms with van der Waals surface area (Å²) in [6, 6.07) is 13.8. The molecule has 122 valence electrons. The van der Waals surface area contributed by atoms with Crippen LogP contribution in [-0.4, -0.2) is 17.6 Å². The highest BCUT2D eigenvalue weighted by Crippen LogP contribution is 2.29. The normalized spacial score (nSPS) is 10.8. The summed E-state index contributed by atoms with van der Waals surface area (Å²) in [7, 11) is 0. The summed E-state index contributed by atoms with van der Waals surface area (Å²) in [5, 5.41) is 0.789. The third-order valence-electron chi connectivity index (χ3n) is 3.94. The summed E-state index contributed by atoms with van der Waals surface area (Å²) in [5.74, 6) is -0.324. The van der Waals surface area contributed by atoms with Crippen molar-refractivity contribution < 1.29 is 9.53 Å². The lowest BCUT2D eigenvalue weighted by atomic mass is 9.99. The molecule has 0 aliphatic rings. The van der Waals surface area contributed by atoms with Crippen LogP contribution in [0.2, 0.25) is 0 Å². The molecule has 1 heterocycles. The van der Waals surface area contributed by atoms with E-state index in [1.165, 1.54) is 0 Å². The van der Waals surface area contributed by atoms with E-state index in [-0.39, 0.29) is 5.97 Å². The van der Waals surface area contributed by atoms with Crippen molar-refractivity contribution >= 4 is 32.8 Å². The van der Waals surface area contributed by atoms with Crippen LogP contribution in [0.15, 0.2) is 46.9 Å². The Kier molecular flexibility index (Phi) is 4.67. The van der Waals surface area contributed by atoms with Crippen molar-refractivity contribution in [3.8, 4) is 11.3 Å². The molecule has 4 heteroatoms. The first-order chi connectivity index (χ1) is 11.5. The van der Waals surface area contributed by atoms with Crippen molar-refractivity contribution in [2.24, 2.45) is 0 Å². The number of rotatable bonds is 3. The largest absolute Gasteiger partial charge is 0.462 e. The molecule has 3 nitrogen and oxygen atoms in total. The minimum atomic E-state index is -0.324. The highest BCUT2D eigenvalue weighted by molar-refractivity contribution is 9.10. The number of esters is 1. The fourth-order valence-corrected chi connectivity index (χ4v) is 3.09. The van der Waals surface area contributed by atoms with Crippen LogP contribution in [0.5, 0.6) is 0 Å². The molecule has 0 radical (unpaired) electrons. The monoisotopic (exact) mass is 383 g/mol. The maximum Gasteiger partial charge on any atom is 0.338 e. The van der Waals surface area contributed by atoms with Gasteiger partial charge in [-0.1, -0.05) is 33.6 Å². The highest BCUT2D eigenvalue weighted by atomic mass is 79.9. The molecule has 0 fully saturated rings. The summed E-state index contributed by atoms with van der Waals surface area (Å²) < 4.78 is 6.14. The molecule has 3 aromatic rings. The molecular weight excluding hydrogens is 366 g/mol. The van der Waals surface area contributed by atoms with Crippen LogP contribution < -0.4 is 0 Å². The van der Waals surface area contributed by atoms with E-state index in [2.05, 4.69) is 34.1 Å². The molecule has 3 rings (SSSR count). The summed E-state index contributed by atoms with van der Waals surface area (Å²) >= 11 is 3.46. The maximum atomic E-state index is 12.4. The zero-order valence-corrected chi connectivity index (χ0v) is 15.5. The Labute approximate surface area is 149 Å². The Morgan fingerprint density at radius 3 is 2.67 bits per heavy atom. The van der Waals surface area contributed by atoms with Gasteiger partial charge in [0.25, 0.3) is 0 Å². The lowest BCUT2D eigenvalue weighted by Crippen LogP contribution is -2.07. The molecule has 0 spiro atoms. The predicted molar refractivity (Wildman–Crippen MR) is 100 cm³/mol. The number of benzene rings is 2. The third-order valence-corrected chi connectivity index (χ3v) is 4.43. The van der Waals surface area contributed by atoms with Crippen LogP contribution in [0.4, 0.5) is 0 Å². The van der Waals surface area contributed by atoms with Crippen LogP contribution in [0, 0.1) is 13.8 Å². The first kappa shape index (κ1) is 16.7. The van der Waals surface area contributed by atoms with Gasteiger partial charge in [0.2, 0.25) is 0 Å². The fraction of sp³-hybridized carbons (Fsp3) is 0.200. The minimum Gasteiger partial charge on any atom is -0.462 e. The van der Waals surface area contributed by atoms with E-state index in [4.69, 9.17) is 9.72 Å². The van der Waals surface area contributed by atoms with Gasteiger partial charge in [-0.25, -0.2) is 9.78 Å². The Morgan fingerprint density at radius 2 is 1.92 bits per heavy atom. The average molecular weight is 384 g/mol. The number of carbonyl (C=O) groups is 1. The van der Waals surface area contributed by atoms with Crippen LogP contribution in [0.25, 0.3) is 22.2 Å². The average Bonchev–Trinajstić information content (AvgIpc) is 2.56. The quantitative estimate of drug-likeness (QED) is 0.563. The Balaban J connectivity index is 2.29. The molecule has 0 aliphatic heterocycles. The van der Waals surface area contributed by atoms with E-state index in [9.17, 15) is 4.79 Å². The summed E-state index contributed by atoms with van der Waals surface area (Å²) in [6.45, 7) is 6.25. The highest BCUT2D eigenvalue weighted by Gasteiger charge is 2.16. The standard InChI is InChI=1S/C20H18BrNO2/c1-4-24-20(23)17-11-19(15-9-12(2)5-6-13(15)3)22-18-8-7-14(21)10-16(17)18/h5-11H,4H2,1-3H3. The molecule has 0 aliphatic carbocycles. The number of nitrogens with zero attached hydrogens (tertiary/aromatic N) is 1. The van der Waals surface area contributed by atoms with Gasteiger partial charge in [0.05, 0.1) is 23.4 Å². The summed E-state index contributed by atoms with van der Waals surface area (Å²) in [5.41, 5.74) is 5.42. The second-order valence-corrected chi connectivity index (χ2v) is 6.67. The molecule has 0 bridgehead atoms. The number of aromatic nitrogens is 1. The maximum absolute atomic E-state index is 12.4. The number of fused-ring (bicyclic) bond motifs is 1. The molecule has 0 atom stereocenters. The number of halogens is 1. The lowest BCUT2D eigenvalue weighted by Gasteiger charge is -2.12. The van der Waals surface area contributed by atoms with Gasteiger partial charge in [-0.2, -0.15) is 0 Å². The van der Waals surface area contributed by atoms with E-state index in [1.54, 1.807) is 0 Å². The van der Waals surface area contributed by atoms with Gasteiger partial charge in [-0.15, -0.1) is 0 Å². The molecule has 0 unspecified atom stereocenters. The lowest BCUT2D eigenvalue weighted by molar-refractivity contribution is 0.0528. The van der Waals surface area contributed by atoms with Gasteiger partial charge >= 0.3 is 5.97 Å². The SMILES string of the molecule is CCOC(=O)c1cc(-c2cc(C)ccc2C)nc2ccc(Br)cc12. The first-order valence-electron chi connectivity index (χ1n) is 7.84. The first-order valence-corrected chi connectivity index (χ1v) is 8.64.